The number of rotatable bonds is 2. The molecule has 0 saturated carbocycles. The highest BCUT2D eigenvalue weighted by Crippen LogP contribution is 2.00. The molecule has 1 saturated heterocycles. The molecule has 0 unspecified atom stereocenters. The molecule has 70 valence electrons. The molecular formula is C8H16N2O2. The van der Waals surface area contributed by atoms with Crippen molar-refractivity contribution in [1.29, 1.82) is 0 Å². The first kappa shape index (κ1) is 9.48. The first-order valence-electron chi connectivity index (χ1n) is 4.23. The van der Waals surface area contributed by atoms with Gasteiger partial charge in [0.1, 0.15) is 0 Å². The van der Waals surface area contributed by atoms with Gasteiger partial charge in [0.2, 0.25) is 5.91 Å². The standard InChI is InChI=1S/C8H16N2O2/c1-7(11)9-5-8-6-10(2)3-4-12-8/h8H,3-6H2,1-2H3,(H,9,11)/t8-/m1/s1. The van der Waals surface area contributed by atoms with E-state index >= 15 is 0 Å². The van der Waals surface area contributed by atoms with E-state index in [-0.39, 0.29) is 12.0 Å². The van der Waals surface area contributed by atoms with Crippen LogP contribution in [0.4, 0.5) is 0 Å². The van der Waals surface area contributed by atoms with Gasteiger partial charge in [0.05, 0.1) is 12.7 Å². The van der Waals surface area contributed by atoms with E-state index in [9.17, 15) is 4.79 Å². The lowest BCUT2D eigenvalue weighted by atomic mass is 10.3. The van der Waals surface area contributed by atoms with Crippen molar-refractivity contribution >= 4 is 5.91 Å². The largest absolute Gasteiger partial charge is 0.374 e. The Morgan fingerprint density at radius 2 is 2.50 bits per heavy atom. The number of nitrogens with zero attached hydrogens (tertiary/aromatic N) is 1. The summed E-state index contributed by atoms with van der Waals surface area (Å²) in [5.41, 5.74) is 0. The monoisotopic (exact) mass is 172 g/mol. The van der Waals surface area contributed by atoms with E-state index in [4.69, 9.17) is 4.74 Å². The van der Waals surface area contributed by atoms with Crippen LogP contribution in [0.2, 0.25) is 0 Å². The number of nitrogens with one attached hydrogen (secondary N) is 1. The summed E-state index contributed by atoms with van der Waals surface area (Å²) >= 11 is 0. The Bertz CT molecular complexity index is 161. The van der Waals surface area contributed by atoms with E-state index in [1.165, 1.54) is 6.92 Å². The van der Waals surface area contributed by atoms with E-state index in [1.54, 1.807) is 0 Å². The highest BCUT2D eigenvalue weighted by atomic mass is 16.5. The number of hydrogen-bond donors (Lipinski definition) is 1. The Balaban J connectivity index is 2.18. The predicted molar refractivity (Wildman–Crippen MR) is 45.9 cm³/mol. The summed E-state index contributed by atoms with van der Waals surface area (Å²) < 4.78 is 5.44. The summed E-state index contributed by atoms with van der Waals surface area (Å²) in [5, 5.41) is 2.75. The van der Waals surface area contributed by atoms with Gasteiger partial charge in [0.15, 0.2) is 0 Å². The molecule has 0 aromatic carbocycles. The van der Waals surface area contributed by atoms with Gasteiger partial charge in [-0.25, -0.2) is 0 Å². The molecule has 4 heteroatoms. The Hall–Kier alpha value is -0.610. The van der Waals surface area contributed by atoms with Crippen molar-refractivity contribution in [3.63, 3.8) is 0 Å². The summed E-state index contributed by atoms with van der Waals surface area (Å²) in [4.78, 5) is 12.8. The fraction of sp³-hybridized carbons (Fsp3) is 0.875. The van der Waals surface area contributed by atoms with Crippen LogP contribution in [0, 0.1) is 0 Å². The third kappa shape index (κ3) is 3.19. The van der Waals surface area contributed by atoms with Crippen LogP contribution in [0.15, 0.2) is 0 Å². The molecule has 0 aromatic rings. The molecule has 0 bridgehead atoms. The number of hydrogen-bond acceptors (Lipinski definition) is 3. The van der Waals surface area contributed by atoms with E-state index in [0.717, 1.165) is 19.7 Å². The minimum Gasteiger partial charge on any atom is -0.374 e. The Morgan fingerprint density at radius 3 is 3.08 bits per heavy atom. The van der Waals surface area contributed by atoms with Crippen molar-refractivity contribution < 1.29 is 9.53 Å². The number of amides is 1. The third-order valence-electron chi connectivity index (χ3n) is 1.92. The van der Waals surface area contributed by atoms with Gasteiger partial charge in [-0.3, -0.25) is 4.79 Å². The van der Waals surface area contributed by atoms with E-state index in [2.05, 4.69) is 17.3 Å². The molecule has 0 radical (unpaired) electrons. The minimum absolute atomic E-state index is 0.00632. The van der Waals surface area contributed by atoms with Crippen LogP contribution in [0.5, 0.6) is 0 Å². The second kappa shape index (κ2) is 4.42. The molecule has 1 aliphatic rings. The van der Waals surface area contributed by atoms with Crippen molar-refractivity contribution in [1.82, 2.24) is 10.2 Å². The summed E-state index contributed by atoms with van der Waals surface area (Å²) in [6.45, 7) is 4.80. The maximum Gasteiger partial charge on any atom is 0.216 e. The van der Waals surface area contributed by atoms with Crippen molar-refractivity contribution in [3.05, 3.63) is 0 Å². The topological polar surface area (TPSA) is 41.6 Å². The first-order valence-corrected chi connectivity index (χ1v) is 4.23. The second-order valence-corrected chi connectivity index (χ2v) is 3.19. The number of carbonyl (C=O) groups excluding carboxylic acids is 1. The summed E-state index contributed by atoms with van der Waals surface area (Å²) in [5.74, 6) is 0.00632. The Morgan fingerprint density at radius 1 is 1.75 bits per heavy atom. The van der Waals surface area contributed by atoms with E-state index in [1.807, 2.05) is 0 Å². The molecule has 0 spiro atoms. The van der Waals surface area contributed by atoms with Crippen LogP contribution >= 0.6 is 0 Å². The highest BCUT2D eigenvalue weighted by Gasteiger charge is 2.17. The Labute approximate surface area is 72.9 Å². The maximum atomic E-state index is 10.6. The van der Waals surface area contributed by atoms with Crippen LogP contribution < -0.4 is 5.32 Å². The smallest absolute Gasteiger partial charge is 0.216 e. The number of morpholine rings is 1. The molecule has 12 heavy (non-hydrogen) atoms. The molecule has 1 rings (SSSR count). The van der Waals surface area contributed by atoms with E-state index in [0.29, 0.717) is 6.54 Å². The molecule has 1 atom stereocenters. The van der Waals surface area contributed by atoms with Gasteiger partial charge in [-0.2, -0.15) is 0 Å². The first-order chi connectivity index (χ1) is 5.68. The maximum absolute atomic E-state index is 10.6. The Kier molecular flexibility index (Phi) is 3.49. The number of likely N-dealkylation sites (N-methyl/N-ethyl adjacent to an activating group) is 1. The van der Waals surface area contributed by atoms with Crippen molar-refractivity contribution in [2.75, 3.05) is 33.3 Å². The molecule has 0 aromatic heterocycles. The molecular weight excluding hydrogens is 156 g/mol. The van der Waals surface area contributed by atoms with Crippen LogP contribution in [0.1, 0.15) is 6.92 Å². The average Bonchev–Trinajstić information content (AvgIpc) is 2.01. The second-order valence-electron chi connectivity index (χ2n) is 3.19. The molecule has 0 aliphatic carbocycles. The fourth-order valence-electron chi connectivity index (χ4n) is 1.25. The van der Waals surface area contributed by atoms with Crippen LogP contribution in [0.3, 0.4) is 0 Å². The van der Waals surface area contributed by atoms with Gasteiger partial charge in [0.25, 0.3) is 0 Å². The lowest BCUT2D eigenvalue weighted by molar-refractivity contribution is -0.120. The van der Waals surface area contributed by atoms with Crippen molar-refractivity contribution in [3.8, 4) is 0 Å². The molecule has 1 N–H and O–H groups in total. The SMILES string of the molecule is CC(=O)NC[C@@H]1CN(C)CCO1. The summed E-state index contributed by atoms with van der Waals surface area (Å²) in [6, 6.07) is 0. The third-order valence-corrected chi connectivity index (χ3v) is 1.92. The number of carbonyl (C=O) groups is 1. The molecule has 1 amide bonds. The van der Waals surface area contributed by atoms with Crippen molar-refractivity contribution in [2.24, 2.45) is 0 Å². The normalized spacial score (nSPS) is 25.3. The van der Waals surface area contributed by atoms with Gasteiger partial charge in [-0.05, 0) is 7.05 Å². The number of ether oxygens (including phenoxy) is 1. The highest BCUT2D eigenvalue weighted by molar-refractivity contribution is 5.72. The molecule has 1 heterocycles. The minimum atomic E-state index is 0.00632. The van der Waals surface area contributed by atoms with Crippen LogP contribution in [-0.4, -0.2) is 50.2 Å². The van der Waals surface area contributed by atoms with Gasteiger partial charge in [-0.15, -0.1) is 0 Å². The van der Waals surface area contributed by atoms with Crippen LogP contribution in [-0.2, 0) is 9.53 Å². The quantitative estimate of drug-likeness (QED) is 0.608. The zero-order valence-electron chi connectivity index (χ0n) is 7.67. The van der Waals surface area contributed by atoms with Crippen molar-refractivity contribution in [2.45, 2.75) is 13.0 Å². The fourth-order valence-corrected chi connectivity index (χ4v) is 1.25. The van der Waals surface area contributed by atoms with E-state index < -0.39 is 0 Å². The van der Waals surface area contributed by atoms with Crippen LogP contribution in [0.25, 0.3) is 0 Å². The summed E-state index contributed by atoms with van der Waals surface area (Å²) in [6.07, 6.45) is 0.160. The van der Waals surface area contributed by atoms with Gasteiger partial charge < -0.3 is 15.0 Å². The molecule has 1 fully saturated rings. The summed E-state index contributed by atoms with van der Waals surface area (Å²) in [7, 11) is 2.06. The lowest BCUT2D eigenvalue weighted by Gasteiger charge is -2.29. The zero-order valence-corrected chi connectivity index (χ0v) is 7.67. The molecule has 1 aliphatic heterocycles. The van der Waals surface area contributed by atoms with Gasteiger partial charge in [-0.1, -0.05) is 0 Å². The predicted octanol–water partition coefficient (Wildman–Crippen LogP) is -0.547. The van der Waals surface area contributed by atoms with Gasteiger partial charge >= 0.3 is 0 Å². The zero-order chi connectivity index (χ0) is 8.97. The molecule has 4 nitrogen and oxygen atoms in total. The van der Waals surface area contributed by atoms with Gasteiger partial charge in [0, 0.05) is 26.6 Å². The lowest BCUT2D eigenvalue weighted by Crippen LogP contribution is -2.45. The average molecular weight is 172 g/mol.